The molecule has 0 spiro atoms. The maximum Gasteiger partial charge on any atom is 0.0402 e. The number of aliphatic hydroxyl groups is 1. The van der Waals surface area contributed by atoms with E-state index in [0.29, 0.717) is 0 Å². The van der Waals surface area contributed by atoms with E-state index in [0.717, 1.165) is 12.8 Å². The topological polar surface area (TPSA) is 29.5 Å². The Kier molecular flexibility index (Phi) is 40.7. The van der Waals surface area contributed by atoms with Gasteiger partial charge in [-0.05, 0) is 94.7 Å². The lowest BCUT2D eigenvalue weighted by molar-refractivity contribution is 0.277. The van der Waals surface area contributed by atoms with Gasteiger partial charge in [0.2, 0.25) is 0 Å². The van der Waals surface area contributed by atoms with Crippen LogP contribution in [0.25, 0.3) is 11.1 Å². The second-order valence-corrected chi connectivity index (χ2v) is 14.2. The van der Waals surface area contributed by atoms with Crippen LogP contribution in [-0.4, -0.2) is 25.9 Å². The van der Waals surface area contributed by atoms with Crippen molar-refractivity contribution in [2.24, 2.45) is 0 Å². The molecule has 0 aliphatic heterocycles. The Morgan fingerprint density at radius 2 is 0.433 bits per heavy atom. The molecular formula is C58H86O2. The molecule has 0 atom stereocenters. The lowest BCUT2D eigenvalue weighted by Gasteiger charge is -2.03. The second kappa shape index (κ2) is 41.0. The minimum Gasteiger partial charge on any atom is -0.397 e. The van der Waals surface area contributed by atoms with E-state index >= 15 is 0 Å². The van der Waals surface area contributed by atoms with Crippen molar-refractivity contribution >= 4 is 0 Å². The molecule has 0 aliphatic rings. The maximum absolute atomic E-state index is 7.57. The lowest BCUT2D eigenvalue weighted by Crippen LogP contribution is -1.88. The van der Waals surface area contributed by atoms with Crippen molar-refractivity contribution < 1.29 is 9.84 Å². The van der Waals surface area contributed by atoms with Gasteiger partial charge in [0.05, 0.1) is 0 Å². The fraction of sp³-hybridized carbons (Fsp3) is 0.379. The normalized spacial score (nSPS) is 8.90. The van der Waals surface area contributed by atoms with E-state index in [1.54, 1.807) is 21.1 Å². The van der Waals surface area contributed by atoms with E-state index in [9.17, 15) is 0 Å². The van der Waals surface area contributed by atoms with Crippen LogP contribution in [0.5, 0.6) is 0 Å². The highest BCUT2D eigenvalue weighted by atomic mass is 16.4. The minimum absolute atomic E-state index is 0.250. The van der Waals surface area contributed by atoms with Gasteiger partial charge in [0.15, 0.2) is 0 Å². The Hall–Kier alpha value is -4.76. The van der Waals surface area contributed by atoms with Crippen LogP contribution < -0.4 is 0 Å². The molecule has 0 aliphatic carbocycles. The van der Waals surface area contributed by atoms with Crippen molar-refractivity contribution in [1.29, 1.82) is 0 Å². The minimum atomic E-state index is 0.250. The van der Waals surface area contributed by atoms with Crippen molar-refractivity contribution in [1.82, 2.24) is 0 Å². The fourth-order valence-corrected chi connectivity index (χ4v) is 4.79. The number of aliphatic hydroxyl groups excluding tert-OH is 1. The van der Waals surface area contributed by atoms with Gasteiger partial charge in [-0.3, -0.25) is 0 Å². The number of methoxy groups -OCH3 is 1. The monoisotopic (exact) mass is 815 g/mol. The molecule has 0 fully saturated rings. The van der Waals surface area contributed by atoms with Gasteiger partial charge in [0.1, 0.15) is 0 Å². The largest absolute Gasteiger partial charge is 0.397 e. The quantitative estimate of drug-likeness (QED) is 0.188. The summed E-state index contributed by atoms with van der Waals surface area (Å²) in [5.41, 5.74) is 16.0. The van der Waals surface area contributed by atoms with E-state index in [2.05, 4.69) is 220 Å². The van der Waals surface area contributed by atoms with E-state index in [-0.39, 0.29) is 6.61 Å². The summed E-state index contributed by atoms with van der Waals surface area (Å²) in [5.74, 6) is 0. The smallest absolute Gasteiger partial charge is 0.0402 e. The number of rotatable bonds is 5. The molecule has 1 N–H and O–H groups in total. The first-order valence-electron chi connectivity index (χ1n) is 22.3. The zero-order valence-electron chi connectivity index (χ0n) is 41.2. The van der Waals surface area contributed by atoms with E-state index in [1.807, 2.05) is 27.7 Å². The number of benzene rings is 6. The molecule has 60 heavy (non-hydrogen) atoms. The zero-order valence-corrected chi connectivity index (χ0v) is 41.2. The summed E-state index contributed by atoms with van der Waals surface area (Å²) in [5, 5.41) is 7.57. The van der Waals surface area contributed by atoms with Gasteiger partial charge < -0.3 is 9.84 Å². The third-order valence-electron chi connectivity index (χ3n) is 7.74. The first-order valence-corrected chi connectivity index (χ1v) is 22.3. The summed E-state index contributed by atoms with van der Waals surface area (Å²) in [6.45, 7) is 31.1. The van der Waals surface area contributed by atoms with Gasteiger partial charge >= 0.3 is 0 Å². The van der Waals surface area contributed by atoms with Gasteiger partial charge in [-0.25, -0.2) is 0 Å². The Balaban J connectivity index is -0.000000691. The van der Waals surface area contributed by atoms with Crippen LogP contribution in [0.15, 0.2) is 146 Å². The highest BCUT2D eigenvalue weighted by Gasteiger charge is 1.98. The van der Waals surface area contributed by atoms with Gasteiger partial charge in [-0.1, -0.05) is 247 Å². The summed E-state index contributed by atoms with van der Waals surface area (Å²) in [6, 6.07) is 52.2. The Morgan fingerprint density at radius 3 is 0.567 bits per heavy atom. The molecule has 330 valence electrons. The van der Waals surface area contributed by atoms with Gasteiger partial charge in [-0.2, -0.15) is 0 Å². The third kappa shape index (κ3) is 32.1. The number of aryl methyl sites for hydroxylation is 6. The Morgan fingerprint density at radius 1 is 0.317 bits per heavy atom. The van der Waals surface area contributed by atoms with Gasteiger partial charge in [0.25, 0.3) is 0 Å². The highest BCUT2D eigenvalue weighted by Crippen LogP contribution is 2.20. The van der Waals surface area contributed by atoms with Crippen molar-refractivity contribution in [3.63, 3.8) is 0 Å². The van der Waals surface area contributed by atoms with E-state index < -0.39 is 0 Å². The van der Waals surface area contributed by atoms with E-state index in [1.165, 1.54) is 79.6 Å². The number of ether oxygens (including phenoxy) is 1. The molecule has 0 unspecified atom stereocenters. The van der Waals surface area contributed by atoms with Crippen LogP contribution in [0.2, 0.25) is 0 Å². The molecule has 0 amide bonds. The molecule has 0 heterocycles. The van der Waals surface area contributed by atoms with Crippen LogP contribution in [0.1, 0.15) is 131 Å². The zero-order chi connectivity index (χ0) is 46.1. The third-order valence-corrected chi connectivity index (χ3v) is 7.74. The summed E-state index contributed by atoms with van der Waals surface area (Å²) >= 11 is 0. The number of hydrogen-bond donors (Lipinski definition) is 1. The van der Waals surface area contributed by atoms with Crippen LogP contribution in [0, 0.1) is 41.5 Å². The molecule has 0 aromatic heterocycles. The summed E-state index contributed by atoms with van der Waals surface area (Å²) < 4.78 is 4.25. The maximum atomic E-state index is 7.57. The van der Waals surface area contributed by atoms with Crippen LogP contribution in [-0.2, 0) is 17.6 Å². The molecule has 6 rings (SSSR count). The molecule has 0 bridgehead atoms. The van der Waals surface area contributed by atoms with Crippen LogP contribution in [0.4, 0.5) is 0 Å². The summed E-state index contributed by atoms with van der Waals surface area (Å²) in [7, 11) is 3.25. The fourth-order valence-electron chi connectivity index (χ4n) is 4.79. The molecule has 0 saturated carbocycles. The van der Waals surface area contributed by atoms with Gasteiger partial charge in [-0.15, -0.1) is 0 Å². The SMILES string of the molecule is CC.CC.CCC.CCC.CCO.COC.Cc1ccc(-c2ccc(C)cc2)cc1.Cc1ccc(Cc2ccc(C)cc2)cc1.Cc1ccc(Cc2ccc(C)cc2)cc1. The van der Waals surface area contributed by atoms with Crippen molar-refractivity contribution in [2.45, 2.75) is 130 Å². The van der Waals surface area contributed by atoms with Crippen molar-refractivity contribution in [3.05, 3.63) is 201 Å². The molecule has 6 aromatic rings. The number of hydrogen-bond acceptors (Lipinski definition) is 2. The van der Waals surface area contributed by atoms with E-state index in [4.69, 9.17) is 5.11 Å². The molecule has 0 radical (unpaired) electrons. The first-order chi connectivity index (χ1) is 28.9. The Bertz CT molecular complexity index is 1520. The van der Waals surface area contributed by atoms with Gasteiger partial charge in [0, 0.05) is 20.8 Å². The molecule has 6 aromatic carbocycles. The average molecular weight is 815 g/mol. The van der Waals surface area contributed by atoms with Crippen LogP contribution in [0.3, 0.4) is 0 Å². The molecule has 0 saturated heterocycles. The molecule has 2 nitrogen and oxygen atoms in total. The molecular weight excluding hydrogens is 729 g/mol. The average Bonchev–Trinajstić information content (AvgIpc) is 3.25. The lowest BCUT2D eigenvalue weighted by atomic mass is 10.0. The second-order valence-electron chi connectivity index (χ2n) is 14.2. The Labute approximate surface area is 371 Å². The van der Waals surface area contributed by atoms with Crippen LogP contribution >= 0.6 is 0 Å². The summed E-state index contributed by atoms with van der Waals surface area (Å²) in [4.78, 5) is 0. The highest BCUT2D eigenvalue weighted by molar-refractivity contribution is 5.63. The molecule has 2 heteroatoms. The summed E-state index contributed by atoms with van der Waals surface area (Å²) in [6.07, 6.45) is 4.56. The predicted octanol–water partition coefficient (Wildman–Crippen LogP) is 16.9. The standard InChI is InChI=1S/2C15H16.C14H14.2C3H8.2C2H6O.2C2H6/c2*1-12-3-7-14(8-4-12)11-15-9-5-13(2)6-10-15;1-11-3-7-13(8-4-11)14-9-5-12(2)6-10-14;3*1-3-2;1-2-3;2*1-2/h2*3-10H,11H2,1-2H3;3-10H,1-2H3;2*3H2,1-2H3;1-2H3;3H,2H2,1H3;2*1-2H3. The first kappa shape index (κ1) is 59.6. The van der Waals surface area contributed by atoms with Crippen molar-refractivity contribution in [2.75, 3.05) is 20.8 Å². The predicted molar refractivity (Wildman–Crippen MR) is 272 cm³/mol. The van der Waals surface area contributed by atoms with Crippen molar-refractivity contribution in [3.8, 4) is 11.1 Å².